The molecule has 0 radical (unpaired) electrons. The van der Waals surface area contributed by atoms with Gasteiger partial charge in [0, 0.05) is 6.42 Å². The number of aldehydes is 1. The normalized spacial score (nSPS) is 15.7. The molecule has 1 heteroatoms. The van der Waals surface area contributed by atoms with Crippen LogP contribution < -0.4 is 0 Å². The Hall–Kier alpha value is -0.850. The lowest BCUT2D eigenvalue weighted by atomic mass is 10.0. The Kier molecular flexibility index (Phi) is 10.1. The Morgan fingerprint density at radius 1 is 1.06 bits per heavy atom. The predicted octanol–water partition coefficient (Wildman–Crippen LogP) is 4.54. The molecule has 0 saturated heterocycles. The molecule has 0 aliphatic heterocycles. The van der Waals surface area contributed by atoms with Crippen LogP contribution in [-0.2, 0) is 4.79 Å². The zero-order chi connectivity index (χ0) is 12.2. The molecule has 2 atom stereocenters. The van der Waals surface area contributed by atoms with Crippen molar-refractivity contribution in [3.8, 4) is 0 Å². The van der Waals surface area contributed by atoms with Crippen LogP contribution in [-0.4, -0.2) is 6.29 Å². The Balaban J connectivity index is 3.68. The van der Waals surface area contributed by atoms with Crippen LogP contribution in [0.3, 0.4) is 0 Å². The highest BCUT2D eigenvalue weighted by molar-refractivity contribution is 5.51. The third-order valence-electron chi connectivity index (χ3n) is 2.68. The molecule has 92 valence electrons. The van der Waals surface area contributed by atoms with Crippen molar-refractivity contribution >= 4 is 6.29 Å². The summed E-state index contributed by atoms with van der Waals surface area (Å²) in [5.74, 6) is 1.24. The molecule has 0 N–H and O–H groups in total. The van der Waals surface area contributed by atoms with Gasteiger partial charge in [0.05, 0.1) is 0 Å². The number of allylic oxidation sites excluding steroid dienone is 4. The van der Waals surface area contributed by atoms with Gasteiger partial charge in [0.25, 0.3) is 0 Å². The molecule has 1 nitrogen and oxygen atoms in total. The lowest BCUT2D eigenvalue weighted by Gasteiger charge is -2.05. The van der Waals surface area contributed by atoms with Crippen LogP contribution in [0.2, 0.25) is 0 Å². The van der Waals surface area contributed by atoms with E-state index in [-0.39, 0.29) is 0 Å². The minimum absolute atomic E-state index is 0.537. The summed E-state index contributed by atoms with van der Waals surface area (Å²) in [7, 11) is 0. The van der Waals surface area contributed by atoms with Crippen LogP contribution in [0, 0.1) is 11.8 Å². The fourth-order valence-electron chi connectivity index (χ4n) is 1.59. The highest BCUT2D eigenvalue weighted by Gasteiger charge is 1.96. The van der Waals surface area contributed by atoms with Gasteiger partial charge in [0.1, 0.15) is 6.29 Å². The van der Waals surface area contributed by atoms with Crippen molar-refractivity contribution < 1.29 is 4.79 Å². The predicted molar refractivity (Wildman–Crippen MR) is 71.4 cm³/mol. The van der Waals surface area contributed by atoms with E-state index >= 15 is 0 Å². The molecule has 16 heavy (non-hydrogen) atoms. The topological polar surface area (TPSA) is 17.1 Å². The molecule has 0 aromatic rings. The molecule has 0 spiro atoms. The first-order valence-corrected chi connectivity index (χ1v) is 6.47. The van der Waals surface area contributed by atoms with E-state index in [1.165, 1.54) is 19.3 Å². The van der Waals surface area contributed by atoms with Gasteiger partial charge in [-0.05, 0) is 24.7 Å². The van der Waals surface area contributed by atoms with Gasteiger partial charge in [0.15, 0.2) is 0 Å². The molecule has 0 aromatic heterocycles. The highest BCUT2D eigenvalue weighted by atomic mass is 16.1. The molecule has 0 aromatic carbocycles. The number of carbonyl (C=O) groups is 1. The lowest BCUT2D eigenvalue weighted by molar-refractivity contribution is -0.107. The van der Waals surface area contributed by atoms with E-state index in [0.29, 0.717) is 18.3 Å². The fourth-order valence-corrected chi connectivity index (χ4v) is 1.59. The van der Waals surface area contributed by atoms with Crippen molar-refractivity contribution in [2.24, 2.45) is 11.8 Å². The van der Waals surface area contributed by atoms with Crippen molar-refractivity contribution in [1.29, 1.82) is 0 Å². The summed E-state index contributed by atoms with van der Waals surface area (Å²) in [6.07, 6.45) is 15.1. The number of hydrogen-bond acceptors (Lipinski definition) is 1. The number of carbonyl (C=O) groups excluding carboxylic acids is 1. The van der Waals surface area contributed by atoms with Crippen molar-refractivity contribution in [2.45, 2.75) is 52.9 Å². The average molecular weight is 222 g/mol. The van der Waals surface area contributed by atoms with Gasteiger partial charge in [-0.25, -0.2) is 0 Å². The van der Waals surface area contributed by atoms with E-state index in [1.807, 2.05) is 6.08 Å². The number of rotatable bonds is 9. The molecule has 0 bridgehead atoms. The summed E-state index contributed by atoms with van der Waals surface area (Å²) in [6, 6.07) is 0. The minimum atomic E-state index is 0.537. The molecular weight excluding hydrogens is 196 g/mol. The molecule has 0 aliphatic carbocycles. The smallest absolute Gasteiger partial charge is 0.123 e. The van der Waals surface area contributed by atoms with Gasteiger partial charge in [-0.15, -0.1) is 0 Å². The number of hydrogen-bond donors (Lipinski definition) is 0. The first-order chi connectivity index (χ1) is 7.70. The zero-order valence-electron chi connectivity index (χ0n) is 11.0. The second-order valence-electron chi connectivity index (χ2n) is 4.59. The van der Waals surface area contributed by atoms with E-state index in [1.54, 1.807) is 0 Å². The Bertz CT molecular complexity index is 215. The van der Waals surface area contributed by atoms with Gasteiger partial charge in [-0.1, -0.05) is 57.9 Å². The summed E-state index contributed by atoms with van der Waals surface area (Å²) in [4.78, 5) is 10.1. The summed E-state index contributed by atoms with van der Waals surface area (Å²) in [5.41, 5.74) is 0. The summed E-state index contributed by atoms with van der Waals surface area (Å²) in [6.45, 7) is 6.69. The van der Waals surface area contributed by atoms with Gasteiger partial charge < -0.3 is 4.79 Å². The molecule has 2 unspecified atom stereocenters. The standard InChI is InChI=1S/C15H26O/c1-4-5-9-14(2)11-8-12-15(3)10-6-7-13-16/h6,8,10-11,13-15H,4-5,7,9,12H2,1-3H3. The first kappa shape index (κ1) is 15.2. The van der Waals surface area contributed by atoms with E-state index in [9.17, 15) is 4.79 Å². The second kappa shape index (κ2) is 10.7. The zero-order valence-corrected chi connectivity index (χ0v) is 11.0. The molecule has 0 aliphatic rings. The Morgan fingerprint density at radius 2 is 1.75 bits per heavy atom. The van der Waals surface area contributed by atoms with Crippen LogP contribution in [0.5, 0.6) is 0 Å². The fraction of sp³-hybridized carbons (Fsp3) is 0.667. The monoisotopic (exact) mass is 222 g/mol. The van der Waals surface area contributed by atoms with Crippen LogP contribution in [0.25, 0.3) is 0 Å². The van der Waals surface area contributed by atoms with Crippen molar-refractivity contribution in [3.05, 3.63) is 24.3 Å². The number of unbranched alkanes of at least 4 members (excludes halogenated alkanes) is 1. The Morgan fingerprint density at radius 3 is 2.38 bits per heavy atom. The van der Waals surface area contributed by atoms with Gasteiger partial charge in [-0.2, -0.15) is 0 Å². The highest BCUT2D eigenvalue weighted by Crippen LogP contribution is 2.11. The van der Waals surface area contributed by atoms with Crippen LogP contribution in [0.4, 0.5) is 0 Å². The van der Waals surface area contributed by atoms with Crippen molar-refractivity contribution in [2.75, 3.05) is 0 Å². The molecular formula is C15H26O. The van der Waals surface area contributed by atoms with E-state index in [0.717, 1.165) is 12.7 Å². The average Bonchev–Trinajstić information content (AvgIpc) is 2.26. The molecule has 0 heterocycles. The van der Waals surface area contributed by atoms with Crippen molar-refractivity contribution in [3.63, 3.8) is 0 Å². The lowest BCUT2D eigenvalue weighted by Crippen LogP contribution is -1.91. The molecule has 0 saturated carbocycles. The summed E-state index contributed by atoms with van der Waals surface area (Å²) in [5, 5.41) is 0. The molecule has 0 fully saturated rings. The third kappa shape index (κ3) is 9.70. The summed E-state index contributed by atoms with van der Waals surface area (Å²) < 4.78 is 0. The largest absolute Gasteiger partial charge is 0.303 e. The van der Waals surface area contributed by atoms with Crippen LogP contribution in [0.15, 0.2) is 24.3 Å². The maximum Gasteiger partial charge on any atom is 0.123 e. The minimum Gasteiger partial charge on any atom is -0.303 e. The Labute approximate surface area is 101 Å². The summed E-state index contributed by atoms with van der Waals surface area (Å²) >= 11 is 0. The maximum atomic E-state index is 10.1. The third-order valence-corrected chi connectivity index (χ3v) is 2.68. The second-order valence-corrected chi connectivity index (χ2v) is 4.59. The maximum absolute atomic E-state index is 10.1. The van der Waals surface area contributed by atoms with Gasteiger partial charge in [0.2, 0.25) is 0 Å². The molecule has 0 amide bonds. The van der Waals surface area contributed by atoms with Crippen molar-refractivity contribution in [1.82, 2.24) is 0 Å². The SMILES string of the molecule is CCCCC(C)C=CCC(C)C=CCC=O. The van der Waals surface area contributed by atoms with E-state index in [2.05, 4.69) is 39.0 Å². The van der Waals surface area contributed by atoms with E-state index in [4.69, 9.17) is 0 Å². The quantitative estimate of drug-likeness (QED) is 0.413. The first-order valence-electron chi connectivity index (χ1n) is 6.47. The van der Waals surface area contributed by atoms with E-state index < -0.39 is 0 Å². The molecule has 0 rings (SSSR count). The van der Waals surface area contributed by atoms with Gasteiger partial charge >= 0.3 is 0 Å². The van der Waals surface area contributed by atoms with Crippen LogP contribution in [0.1, 0.15) is 52.9 Å². The van der Waals surface area contributed by atoms with Gasteiger partial charge in [-0.3, -0.25) is 0 Å². The van der Waals surface area contributed by atoms with Crippen LogP contribution >= 0.6 is 0 Å².